The van der Waals surface area contributed by atoms with Crippen molar-refractivity contribution in [3.8, 4) is 0 Å². The summed E-state index contributed by atoms with van der Waals surface area (Å²) in [5.41, 5.74) is 1.53. The molecule has 36 heavy (non-hydrogen) atoms. The number of urea groups is 1. The van der Waals surface area contributed by atoms with E-state index in [9.17, 15) is 9.59 Å². The van der Waals surface area contributed by atoms with E-state index in [2.05, 4.69) is 49.2 Å². The van der Waals surface area contributed by atoms with Gasteiger partial charge in [0.05, 0.1) is 17.8 Å². The maximum Gasteiger partial charge on any atom is 0.321 e. The van der Waals surface area contributed by atoms with E-state index in [1.807, 2.05) is 23.6 Å². The van der Waals surface area contributed by atoms with Gasteiger partial charge in [-0.3, -0.25) is 14.8 Å². The van der Waals surface area contributed by atoms with Crippen LogP contribution in [-0.2, 0) is 16.8 Å². The SMILES string of the molecule is Cc1nonc1C(=O)Nc1n[nH]c2c1CN(C(=O)N1C[C@@H](C)N(CC3CCOCC3)C[C@@H]1C)C2(C)C. The summed E-state index contributed by atoms with van der Waals surface area (Å²) in [5.74, 6) is 0.605. The quantitative estimate of drug-likeness (QED) is 0.654. The number of anilines is 1. The Morgan fingerprint density at radius 1 is 1.14 bits per heavy atom. The van der Waals surface area contributed by atoms with Crippen molar-refractivity contribution in [2.45, 2.75) is 71.6 Å². The van der Waals surface area contributed by atoms with Crippen LogP contribution >= 0.6 is 0 Å². The van der Waals surface area contributed by atoms with Gasteiger partial charge in [-0.15, -0.1) is 0 Å². The molecule has 0 aliphatic carbocycles. The number of rotatable bonds is 4. The molecule has 2 atom stereocenters. The third kappa shape index (κ3) is 4.36. The second kappa shape index (κ2) is 9.47. The Morgan fingerprint density at radius 2 is 1.89 bits per heavy atom. The third-order valence-corrected chi connectivity index (χ3v) is 7.99. The molecule has 0 aromatic carbocycles. The summed E-state index contributed by atoms with van der Waals surface area (Å²) in [4.78, 5) is 32.9. The van der Waals surface area contributed by atoms with Crippen molar-refractivity contribution in [1.29, 1.82) is 0 Å². The zero-order chi connectivity index (χ0) is 25.6. The molecule has 3 amide bonds. The van der Waals surface area contributed by atoms with Crippen LogP contribution in [-0.4, -0.2) is 92.1 Å². The Bertz CT molecular complexity index is 1120. The molecule has 2 aromatic rings. The number of hydrogen-bond donors (Lipinski definition) is 2. The average molecular weight is 501 g/mol. The van der Waals surface area contributed by atoms with E-state index in [4.69, 9.17) is 4.74 Å². The van der Waals surface area contributed by atoms with Gasteiger partial charge in [-0.1, -0.05) is 5.16 Å². The average Bonchev–Trinajstić information content (AvgIpc) is 3.52. The number of aryl methyl sites for hydroxylation is 1. The lowest BCUT2D eigenvalue weighted by atomic mass is 9.97. The van der Waals surface area contributed by atoms with Crippen LogP contribution in [0.2, 0.25) is 0 Å². The summed E-state index contributed by atoms with van der Waals surface area (Å²) in [6.07, 6.45) is 2.22. The molecule has 0 radical (unpaired) electrons. The van der Waals surface area contributed by atoms with E-state index < -0.39 is 11.4 Å². The second-order valence-electron chi connectivity index (χ2n) is 10.9. The molecule has 5 rings (SSSR count). The number of carbonyl (C=O) groups excluding carboxylic acids is 2. The minimum Gasteiger partial charge on any atom is -0.381 e. The standard InChI is InChI=1S/C24H36N8O4/c1-14-11-31(15(2)10-30(14)12-17-6-8-35-9-7-17)23(34)32-13-18-20(24(32,4)5)26-27-21(18)25-22(33)19-16(3)28-36-29-19/h14-15,17H,6-13H2,1-5H3,(H2,25,26,27,33)/t14-,15+/m1/s1. The summed E-state index contributed by atoms with van der Waals surface area (Å²) >= 11 is 0. The molecule has 0 bridgehead atoms. The zero-order valence-electron chi connectivity index (χ0n) is 21.7. The highest BCUT2D eigenvalue weighted by molar-refractivity contribution is 6.03. The summed E-state index contributed by atoms with van der Waals surface area (Å²) in [6.45, 7) is 14.7. The number of H-pyrrole nitrogens is 1. The maximum absolute atomic E-state index is 13.9. The normalized spacial score (nSPS) is 24.7. The number of amides is 3. The molecule has 0 spiro atoms. The third-order valence-electron chi connectivity index (χ3n) is 7.99. The number of carbonyl (C=O) groups is 2. The first-order valence-electron chi connectivity index (χ1n) is 12.7. The van der Waals surface area contributed by atoms with Crippen molar-refractivity contribution in [1.82, 2.24) is 35.2 Å². The van der Waals surface area contributed by atoms with Crippen molar-refractivity contribution < 1.29 is 19.0 Å². The number of aromatic nitrogens is 4. The molecule has 2 N–H and O–H groups in total. The molecule has 2 aromatic heterocycles. The van der Waals surface area contributed by atoms with E-state index in [0.717, 1.165) is 50.4 Å². The second-order valence-corrected chi connectivity index (χ2v) is 10.9. The molecule has 2 saturated heterocycles. The Hall–Kier alpha value is -2.99. The fourth-order valence-electron chi connectivity index (χ4n) is 5.67. The van der Waals surface area contributed by atoms with Gasteiger partial charge in [-0.2, -0.15) is 5.10 Å². The van der Waals surface area contributed by atoms with Crippen LogP contribution < -0.4 is 5.32 Å². The molecule has 12 nitrogen and oxygen atoms in total. The highest BCUT2D eigenvalue weighted by Crippen LogP contribution is 2.41. The first-order valence-corrected chi connectivity index (χ1v) is 12.7. The van der Waals surface area contributed by atoms with E-state index in [0.29, 0.717) is 30.5 Å². The molecule has 196 valence electrons. The molecule has 5 heterocycles. The number of hydrogen-bond acceptors (Lipinski definition) is 8. The lowest BCUT2D eigenvalue weighted by molar-refractivity contribution is 0.00882. The van der Waals surface area contributed by atoms with E-state index in [-0.39, 0.29) is 23.8 Å². The first kappa shape index (κ1) is 24.7. The molecule has 0 saturated carbocycles. The predicted molar refractivity (Wildman–Crippen MR) is 130 cm³/mol. The van der Waals surface area contributed by atoms with Crippen LogP contribution in [0.1, 0.15) is 68.0 Å². The monoisotopic (exact) mass is 500 g/mol. The number of aromatic amines is 1. The van der Waals surface area contributed by atoms with Gasteiger partial charge in [0.25, 0.3) is 5.91 Å². The van der Waals surface area contributed by atoms with Crippen molar-refractivity contribution in [3.05, 3.63) is 22.6 Å². The lowest BCUT2D eigenvalue weighted by Gasteiger charge is -2.47. The van der Waals surface area contributed by atoms with Gasteiger partial charge in [-0.05, 0) is 58.5 Å². The van der Waals surface area contributed by atoms with Crippen LogP contribution in [0.3, 0.4) is 0 Å². The fraction of sp³-hybridized carbons (Fsp3) is 0.708. The van der Waals surface area contributed by atoms with Crippen molar-refractivity contribution >= 4 is 17.8 Å². The molecule has 0 unspecified atom stereocenters. The molecule has 3 aliphatic heterocycles. The molecular weight excluding hydrogens is 464 g/mol. The fourth-order valence-corrected chi connectivity index (χ4v) is 5.67. The smallest absolute Gasteiger partial charge is 0.321 e. The highest BCUT2D eigenvalue weighted by atomic mass is 16.6. The van der Waals surface area contributed by atoms with Crippen LogP contribution in [0, 0.1) is 12.8 Å². The van der Waals surface area contributed by atoms with Gasteiger partial charge in [0.15, 0.2) is 11.5 Å². The molecule has 3 aliphatic rings. The molecule has 12 heteroatoms. The minimum absolute atomic E-state index is 0.00323. The largest absolute Gasteiger partial charge is 0.381 e. The lowest BCUT2D eigenvalue weighted by Crippen LogP contribution is -2.62. The summed E-state index contributed by atoms with van der Waals surface area (Å²) in [7, 11) is 0. The maximum atomic E-state index is 13.9. The van der Waals surface area contributed by atoms with Crippen LogP contribution in [0.25, 0.3) is 0 Å². The molecule has 2 fully saturated rings. The summed E-state index contributed by atoms with van der Waals surface area (Å²) in [5, 5.41) is 17.5. The number of ether oxygens (including phenoxy) is 1. The summed E-state index contributed by atoms with van der Waals surface area (Å²) in [6, 6.07) is 0.388. The van der Waals surface area contributed by atoms with Crippen LogP contribution in [0.4, 0.5) is 10.6 Å². The van der Waals surface area contributed by atoms with Crippen LogP contribution in [0.15, 0.2) is 4.63 Å². The number of fused-ring (bicyclic) bond motifs is 1. The van der Waals surface area contributed by atoms with E-state index in [1.165, 1.54) is 0 Å². The number of nitrogens with one attached hydrogen (secondary N) is 2. The Morgan fingerprint density at radius 3 is 2.58 bits per heavy atom. The van der Waals surface area contributed by atoms with Crippen molar-refractivity contribution in [2.75, 3.05) is 38.2 Å². The Labute approximate surface area is 210 Å². The van der Waals surface area contributed by atoms with Crippen LogP contribution in [0.5, 0.6) is 0 Å². The van der Waals surface area contributed by atoms with Gasteiger partial charge < -0.3 is 19.9 Å². The van der Waals surface area contributed by atoms with Gasteiger partial charge in [0, 0.05) is 50.5 Å². The highest BCUT2D eigenvalue weighted by Gasteiger charge is 2.47. The van der Waals surface area contributed by atoms with Gasteiger partial charge in [0.1, 0.15) is 5.69 Å². The van der Waals surface area contributed by atoms with Gasteiger partial charge >= 0.3 is 6.03 Å². The first-order chi connectivity index (χ1) is 17.2. The van der Waals surface area contributed by atoms with E-state index >= 15 is 0 Å². The minimum atomic E-state index is -0.601. The Balaban J connectivity index is 1.27. The van der Waals surface area contributed by atoms with Crippen molar-refractivity contribution in [2.24, 2.45) is 5.92 Å². The van der Waals surface area contributed by atoms with Gasteiger partial charge in [-0.25, -0.2) is 9.42 Å². The van der Waals surface area contributed by atoms with Gasteiger partial charge in [0.2, 0.25) is 0 Å². The summed E-state index contributed by atoms with van der Waals surface area (Å²) < 4.78 is 10.2. The zero-order valence-corrected chi connectivity index (χ0v) is 21.7. The Kier molecular flexibility index (Phi) is 6.50. The predicted octanol–water partition coefficient (Wildman–Crippen LogP) is 2.35. The topological polar surface area (TPSA) is 133 Å². The molecular formula is C24H36N8O4. The van der Waals surface area contributed by atoms with E-state index in [1.54, 1.807) is 6.92 Å². The number of nitrogens with zero attached hydrogens (tertiary/aromatic N) is 6. The number of piperazine rings is 1. The van der Waals surface area contributed by atoms with Crippen molar-refractivity contribution in [3.63, 3.8) is 0 Å².